The Kier molecular flexibility index (Phi) is 3.28. The van der Waals surface area contributed by atoms with E-state index >= 15 is 0 Å². The minimum Gasteiger partial charge on any atom is -0.481 e. The first-order chi connectivity index (χ1) is 9.09. The van der Waals surface area contributed by atoms with Gasteiger partial charge in [0.05, 0.1) is 6.42 Å². The van der Waals surface area contributed by atoms with Crippen LogP contribution in [-0.2, 0) is 16.4 Å². The zero-order valence-corrected chi connectivity index (χ0v) is 11.0. The summed E-state index contributed by atoms with van der Waals surface area (Å²) in [6.45, 7) is 3.50. The summed E-state index contributed by atoms with van der Waals surface area (Å²) in [6.07, 6.45) is -4.51. The number of aromatic amines is 1. The Bertz CT molecular complexity index is 656. The number of carbonyl (C=O) groups is 1. The fraction of sp³-hybridized carbons (Fsp3) is 0.357. The van der Waals surface area contributed by atoms with E-state index in [9.17, 15) is 18.0 Å². The summed E-state index contributed by atoms with van der Waals surface area (Å²) < 4.78 is 37.9. The van der Waals surface area contributed by atoms with Gasteiger partial charge in [-0.1, -0.05) is 19.9 Å². The van der Waals surface area contributed by atoms with Gasteiger partial charge in [-0.15, -0.1) is 0 Å². The molecule has 1 heterocycles. The number of alkyl halides is 3. The van der Waals surface area contributed by atoms with E-state index in [0.29, 0.717) is 16.5 Å². The predicted molar refractivity (Wildman–Crippen MR) is 68.6 cm³/mol. The average molecular weight is 285 g/mol. The molecule has 0 amide bonds. The van der Waals surface area contributed by atoms with Gasteiger partial charge < -0.3 is 10.1 Å². The Morgan fingerprint density at radius 3 is 2.45 bits per heavy atom. The first-order valence-electron chi connectivity index (χ1n) is 6.02. The van der Waals surface area contributed by atoms with Crippen molar-refractivity contribution in [1.29, 1.82) is 0 Å². The van der Waals surface area contributed by atoms with Gasteiger partial charge in [-0.25, -0.2) is 0 Å². The number of carboxylic acids is 1. The Morgan fingerprint density at radius 1 is 1.25 bits per heavy atom. The van der Waals surface area contributed by atoms with Crippen molar-refractivity contribution in [2.75, 3.05) is 0 Å². The Balaban J connectivity index is 2.46. The van der Waals surface area contributed by atoms with Crippen LogP contribution < -0.4 is 0 Å². The molecule has 1 aromatic heterocycles. The number of aromatic nitrogens is 1. The van der Waals surface area contributed by atoms with E-state index in [1.54, 1.807) is 32.0 Å². The van der Waals surface area contributed by atoms with Gasteiger partial charge in [0, 0.05) is 16.3 Å². The largest absolute Gasteiger partial charge is 0.481 e. The molecule has 20 heavy (non-hydrogen) atoms. The van der Waals surface area contributed by atoms with Crippen molar-refractivity contribution in [1.82, 2.24) is 4.98 Å². The summed E-state index contributed by atoms with van der Waals surface area (Å²) in [5.74, 6) is -0.944. The second kappa shape index (κ2) is 4.54. The van der Waals surface area contributed by atoms with E-state index < -0.39 is 23.3 Å². The van der Waals surface area contributed by atoms with E-state index in [-0.39, 0.29) is 6.42 Å². The molecule has 6 heteroatoms. The van der Waals surface area contributed by atoms with Crippen molar-refractivity contribution in [3.05, 3.63) is 35.5 Å². The van der Waals surface area contributed by atoms with Crippen molar-refractivity contribution in [2.45, 2.75) is 31.9 Å². The highest BCUT2D eigenvalue weighted by Gasteiger charge is 2.33. The maximum absolute atomic E-state index is 12.6. The molecule has 3 nitrogen and oxygen atoms in total. The molecule has 2 N–H and O–H groups in total. The number of halogens is 3. The van der Waals surface area contributed by atoms with Crippen LogP contribution >= 0.6 is 0 Å². The standard InChI is InChI=1S/C14H14F3NO2/c1-13(2,7-12(19)20)9-3-4-10-8(5-9)6-11(18-10)14(15,16)17/h3-6,18H,7H2,1-2H3,(H,19,20). The Labute approximate surface area is 113 Å². The van der Waals surface area contributed by atoms with Crippen LogP contribution in [0.15, 0.2) is 24.3 Å². The molecule has 0 aliphatic carbocycles. The average Bonchev–Trinajstić information content (AvgIpc) is 2.69. The third-order valence-electron chi connectivity index (χ3n) is 3.30. The maximum Gasteiger partial charge on any atom is 0.431 e. The number of aliphatic carboxylic acids is 1. The minimum atomic E-state index is -4.42. The zero-order valence-electron chi connectivity index (χ0n) is 11.0. The summed E-state index contributed by atoms with van der Waals surface area (Å²) in [5.41, 5.74) is -0.372. The normalized spacial score (nSPS) is 12.8. The summed E-state index contributed by atoms with van der Waals surface area (Å²) in [6, 6.07) is 5.84. The number of hydrogen-bond acceptors (Lipinski definition) is 1. The number of fused-ring (bicyclic) bond motifs is 1. The van der Waals surface area contributed by atoms with E-state index in [2.05, 4.69) is 4.98 Å². The topological polar surface area (TPSA) is 53.1 Å². The molecule has 0 unspecified atom stereocenters. The van der Waals surface area contributed by atoms with Gasteiger partial charge in [0.1, 0.15) is 5.69 Å². The molecule has 0 fully saturated rings. The van der Waals surface area contributed by atoms with Crippen molar-refractivity contribution in [3.63, 3.8) is 0 Å². The van der Waals surface area contributed by atoms with E-state index in [1.165, 1.54) is 0 Å². The minimum absolute atomic E-state index is 0.0882. The lowest BCUT2D eigenvalue weighted by Gasteiger charge is -2.23. The van der Waals surface area contributed by atoms with Crippen LogP contribution in [-0.4, -0.2) is 16.1 Å². The van der Waals surface area contributed by atoms with Gasteiger partial charge in [0.25, 0.3) is 0 Å². The number of benzene rings is 1. The monoisotopic (exact) mass is 285 g/mol. The van der Waals surface area contributed by atoms with Gasteiger partial charge in [-0.05, 0) is 23.8 Å². The van der Waals surface area contributed by atoms with Gasteiger partial charge in [0.15, 0.2) is 0 Å². The van der Waals surface area contributed by atoms with Crippen LogP contribution in [0.4, 0.5) is 13.2 Å². The van der Waals surface area contributed by atoms with Crippen molar-refractivity contribution in [2.24, 2.45) is 0 Å². The Morgan fingerprint density at radius 2 is 1.90 bits per heavy atom. The molecule has 0 spiro atoms. The summed E-state index contributed by atoms with van der Waals surface area (Å²) in [5, 5.41) is 9.30. The van der Waals surface area contributed by atoms with Gasteiger partial charge >= 0.3 is 12.1 Å². The van der Waals surface area contributed by atoms with Gasteiger partial charge in [-0.2, -0.15) is 13.2 Å². The fourth-order valence-electron chi connectivity index (χ4n) is 2.19. The summed E-state index contributed by atoms with van der Waals surface area (Å²) in [7, 11) is 0. The van der Waals surface area contributed by atoms with Crippen molar-refractivity contribution in [3.8, 4) is 0 Å². The Hall–Kier alpha value is -1.98. The smallest absolute Gasteiger partial charge is 0.431 e. The number of carboxylic acid groups (broad SMARTS) is 1. The van der Waals surface area contributed by atoms with Crippen LogP contribution in [0.25, 0.3) is 10.9 Å². The molecule has 0 saturated carbocycles. The molecule has 2 aromatic rings. The quantitative estimate of drug-likeness (QED) is 0.897. The molecule has 0 saturated heterocycles. The summed E-state index contributed by atoms with van der Waals surface area (Å²) in [4.78, 5) is 13.1. The van der Waals surface area contributed by atoms with Crippen LogP contribution in [0.2, 0.25) is 0 Å². The highest BCUT2D eigenvalue weighted by atomic mass is 19.4. The molecule has 0 radical (unpaired) electrons. The van der Waals surface area contributed by atoms with Crippen LogP contribution in [0, 0.1) is 0 Å². The lowest BCUT2D eigenvalue weighted by Crippen LogP contribution is -2.21. The predicted octanol–water partition coefficient (Wildman–Crippen LogP) is 3.94. The van der Waals surface area contributed by atoms with Gasteiger partial charge in [0.2, 0.25) is 0 Å². The molecule has 0 atom stereocenters. The van der Waals surface area contributed by atoms with E-state index in [0.717, 1.165) is 6.07 Å². The molecule has 0 aliphatic heterocycles. The molecule has 1 aromatic carbocycles. The van der Waals surface area contributed by atoms with E-state index in [1.807, 2.05) is 0 Å². The van der Waals surface area contributed by atoms with Crippen molar-refractivity contribution >= 4 is 16.9 Å². The molecular formula is C14H14F3NO2. The lowest BCUT2D eigenvalue weighted by molar-refractivity contribution is -0.140. The van der Waals surface area contributed by atoms with Crippen LogP contribution in [0.5, 0.6) is 0 Å². The number of rotatable bonds is 3. The third kappa shape index (κ3) is 2.79. The third-order valence-corrected chi connectivity index (χ3v) is 3.30. The van der Waals surface area contributed by atoms with Crippen LogP contribution in [0.1, 0.15) is 31.5 Å². The molecule has 108 valence electrons. The second-order valence-electron chi connectivity index (χ2n) is 5.44. The van der Waals surface area contributed by atoms with Crippen LogP contribution in [0.3, 0.4) is 0 Å². The number of nitrogens with one attached hydrogen (secondary N) is 1. The SMILES string of the molecule is CC(C)(CC(=O)O)c1ccc2[nH]c(C(F)(F)F)cc2c1. The maximum atomic E-state index is 12.6. The van der Waals surface area contributed by atoms with Gasteiger partial charge in [-0.3, -0.25) is 4.79 Å². The fourth-order valence-corrected chi connectivity index (χ4v) is 2.19. The molecule has 0 aliphatic rings. The molecule has 0 bridgehead atoms. The first-order valence-corrected chi connectivity index (χ1v) is 6.02. The molecular weight excluding hydrogens is 271 g/mol. The number of hydrogen-bond donors (Lipinski definition) is 2. The van der Waals surface area contributed by atoms with Crippen molar-refractivity contribution < 1.29 is 23.1 Å². The first kappa shape index (κ1) is 14.4. The molecule has 2 rings (SSSR count). The second-order valence-corrected chi connectivity index (χ2v) is 5.44. The highest BCUT2D eigenvalue weighted by molar-refractivity contribution is 5.82. The number of H-pyrrole nitrogens is 1. The zero-order chi connectivity index (χ0) is 15.1. The highest BCUT2D eigenvalue weighted by Crippen LogP contribution is 2.34. The lowest BCUT2D eigenvalue weighted by atomic mass is 9.81. The summed E-state index contributed by atoms with van der Waals surface area (Å²) >= 11 is 0. The van der Waals surface area contributed by atoms with E-state index in [4.69, 9.17) is 5.11 Å².